The van der Waals surface area contributed by atoms with Crippen LogP contribution < -0.4 is 0 Å². The molecule has 0 aromatic heterocycles. The van der Waals surface area contributed by atoms with Crippen molar-refractivity contribution in [3.8, 4) is 0 Å². The minimum absolute atomic E-state index is 0.350. The summed E-state index contributed by atoms with van der Waals surface area (Å²) in [5.41, 5.74) is 0. The summed E-state index contributed by atoms with van der Waals surface area (Å²) in [6, 6.07) is 0. The summed E-state index contributed by atoms with van der Waals surface area (Å²) in [6.45, 7) is 11.0. The molecule has 3 rings (SSSR count). The lowest BCUT2D eigenvalue weighted by molar-refractivity contribution is -0.234. The van der Waals surface area contributed by atoms with Gasteiger partial charge in [0.05, 0.1) is 6.61 Å². The molecule has 3 fully saturated rings. The molecule has 0 unspecified atom stereocenters. The van der Waals surface area contributed by atoms with Crippen LogP contribution in [0.1, 0.15) is 27.7 Å². The lowest BCUT2D eigenvalue weighted by Gasteiger charge is -2.28. The lowest BCUT2D eigenvalue weighted by atomic mass is 10.1. The van der Waals surface area contributed by atoms with Gasteiger partial charge in [0.25, 0.3) is 0 Å². The van der Waals surface area contributed by atoms with Gasteiger partial charge in [-0.15, -0.1) is 0 Å². The molecule has 0 bridgehead atoms. The second-order valence-electron chi connectivity index (χ2n) is 6.54. The maximum absolute atomic E-state index is 11.6. The first-order valence-electron chi connectivity index (χ1n) is 7.37. The van der Waals surface area contributed by atoms with Gasteiger partial charge >= 0.3 is 5.97 Å². The van der Waals surface area contributed by atoms with Crippen LogP contribution in [-0.4, -0.2) is 54.9 Å². The molecule has 0 aromatic rings. The third-order valence-corrected chi connectivity index (χ3v) is 3.84. The molecule has 3 saturated heterocycles. The fraction of sp³-hybridized carbons (Fsp3) is 0.800. The standard InChI is InChI=1S/C15H22O7/c1-6-9(16)18-11-10(8-7-17-14(2,3)20-8)19-13-12(11)21-15(4,5)22-13/h6,8,10-13H,1,7H2,2-5H3/t8-,10-,11+,12-,13-/m1/s1. The zero-order valence-electron chi connectivity index (χ0n) is 13.2. The predicted octanol–water partition coefficient (Wildman–Crippen LogP) is 1.11. The molecule has 3 heterocycles. The van der Waals surface area contributed by atoms with Crippen molar-refractivity contribution >= 4 is 5.97 Å². The molecule has 7 nitrogen and oxygen atoms in total. The Morgan fingerprint density at radius 2 is 1.86 bits per heavy atom. The highest BCUT2D eigenvalue weighted by atomic mass is 16.8. The van der Waals surface area contributed by atoms with Crippen molar-refractivity contribution in [2.75, 3.05) is 6.61 Å². The van der Waals surface area contributed by atoms with Crippen LogP contribution in [0.5, 0.6) is 0 Å². The quantitative estimate of drug-likeness (QED) is 0.571. The second kappa shape index (κ2) is 5.28. The first-order valence-corrected chi connectivity index (χ1v) is 7.37. The molecule has 0 N–H and O–H groups in total. The Hall–Kier alpha value is -0.990. The van der Waals surface area contributed by atoms with Crippen molar-refractivity contribution < 1.29 is 33.2 Å². The lowest BCUT2D eigenvalue weighted by Crippen LogP contribution is -2.45. The molecule has 0 amide bonds. The van der Waals surface area contributed by atoms with Gasteiger partial charge in [0.15, 0.2) is 30.1 Å². The van der Waals surface area contributed by atoms with Crippen molar-refractivity contribution in [2.24, 2.45) is 0 Å². The van der Waals surface area contributed by atoms with Gasteiger partial charge in [0.1, 0.15) is 12.2 Å². The minimum Gasteiger partial charge on any atom is -0.453 e. The smallest absolute Gasteiger partial charge is 0.330 e. The zero-order chi connectivity index (χ0) is 16.1. The molecule has 3 aliphatic rings. The van der Waals surface area contributed by atoms with E-state index in [2.05, 4.69) is 6.58 Å². The van der Waals surface area contributed by atoms with E-state index in [-0.39, 0.29) is 6.10 Å². The molecule has 0 radical (unpaired) electrons. The van der Waals surface area contributed by atoms with Crippen LogP contribution in [0.4, 0.5) is 0 Å². The van der Waals surface area contributed by atoms with E-state index in [4.69, 9.17) is 28.4 Å². The maximum Gasteiger partial charge on any atom is 0.330 e. The van der Waals surface area contributed by atoms with Crippen molar-refractivity contribution in [2.45, 2.75) is 70.0 Å². The summed E-state index contributed by atoms with van der Waals surface area (Å²) in [7, 11) is 0. The molecular formula is C15H22O7. The monoisotopic (exact) mass is 314 g/mol. The summed E-state index contributed by atoms with van der Waals surface area (Å²) in [4.78, 5) is 11.6. The van der Waals surface area contributed by atoms with Gasteiger partial charge < -0.3 is 28.4 Å². The van der Waals surface area contributed by atoms with Crippen LogP contribution in [-0.2, 0) is 33.2 Å². The Balaban J connectivity index is 1.78. The largest absolute Gasteiger partial charge is 0.453 e. The average molecular weight is 314 g/mol. The van der Waals surface area contributed by atoms with Gasteiger partial charge in [-0.2, -0.15) is 0 Å². The van der Waals surface area contributed by atoms with Crippen molar-refractivity contribution in [1.82, 2.24) is 0 Å². The van der Waals surface area contributed by atoms with Gasteiger partial charge in [0.2, 0.25) is 0 Å². The topological polar surface area (TPSA) is 72.5 Å². The summed E-state index contributed by atoms with van der Waals surface area (Å²) < 4.78 is 34.2. The molecule has 5 atom stereocenters. The molecule has 0 aliphatic carbocycles. The van der Waals surface area contributed by atoms with Gasteiger partial charge in [-0.05, 0) is 27.7 Å². The highest BCUT2D eigenvalue weighted by molar-refractivity contribution is 5.81. The van der Waals surface area contributed by atoms with Crippen molar-refractivity contribution in [3.63, 3.8) is 0 Å². The maximum atomic E-state index is 11.6. The highest BCUT2D eigenvalue weighted by Crippen LogP contribution is 2.41. The van der Waals surface area contributed by atoms with Crippen LogP contribution in [0.3, 0.4) is 0 Å². The minimum atomic E-state index is -0.786. The number of ether oxygens (including phenoxy) is 6. The molecule has 0 aromatic carbocycles. The van der Waals surface area contributed by atoms with E-state index in [1.807, 2.05) is 13.8 Å². The Kier molecular flexibility index (Phi) is 3.81. The number of fused-ring (bicyclic) bond motifs is 1. The summed E-state index contributed by atoms with van der Waals surface area (Å²) in [6.07, 6.45) is -1.51. The Bertz CT molecular complexity index is 473. The van der Waals surface area contributed by atoms with Crippen LogP contribution >= 0.6 is 0 Å². The normalized spacial score (nSPS) is 42.1. The van der Waals surface area contributed by atoms with Gasteiger partial charge in [0, 0.05) is 6.08 Å². The molecular weight excluding hydrogens is 292 g/mol. The van der Waals surface area contributed by atoms with Crippen molar-refractivity contribution in [1.29, 1.82) is 0 Å². The Morgan fingerprint density at radius 3 is 2.45 bits per heavy atom. The molecule has 3 aliphatic heterocycles. The highest BCUT2D eigenvalue weighted by Gasteiger charge is 2.59. The van der Waals surface area contributed by atoms with E-state index in [0.717, 1.165) is 6.08 Å². The first kappa shape index (κ1) is 15.9. The third kappa shape index (κ3) is 2.91. The third-order valence-electron chi connectivity index (χ3n) is 3.84. The van der Waals surface area contributed by atoms with E-state index in [9.17, 15) is 4.79 Å². The average Bonchev–Trinajstić information content (AvgIpc) is 3.01. The van der Waals surface area contributed by atoms with Gasteiger partial charge in [-0.1, -0.05) is 6.58 Å². The number of esters is 1. The number of hydrogen-bond acceptors (Lipinski definition) is 7. The predicted molar refractivity (Wildman–Crippen MR) is 73.7 cm³/mol. The van der Waals surface area contributed by atoms with Crippen LogP contribution in [0.15, 0.2) is 12.7 Å². The Morgan fingerprint density at radius 1 is 1.14 bits per heavy atom. The van der Waals surface area contributed by atoms with Gasteiger partial charge in [-0.25, -0.2) is 4.79 Å². The molecule has 22 heavy (non-hydrogen) atoms. The SMILES string of the molecule is C=CC(=O)O[C@@H]1[C@H]2OC(C)(C)O[C@H]2O[C@@H]1[C@H]1COC(C)(C)O1. The number of carbonyl (C=O) groups is 1. The fourth-order valence-corrected chi connectivity index (χ4v) is 3.00. The van der Waals surface area contributed by atoms with Gasteiger partial charge in [-0.3, -0.25) is 0 Å². The number of hydrogen-bond donors (Lipinski definition) is 0. The van der Waals surface area contributed by atoms with Crippen LogP contribution in [0.25, 0.3) is 0 Å². The fourth-order valence-electron chi connectivity index (χ4n) is 3.00. The number of carbonyl (C=O) groups excluding carboxylic acids is 1. The van der Waals surface area contributed by atoms with E-state index >= 15 is 0 Å². The molecule has 7 heteroatoms. The van der Waals surface area contributed by atoms with E-state index < -0.39 is 42.1 Å². The van der Waals surface area contributed by atoms with E-state index in [1.54, 1.807) is 13.8 Å². The number of rotatable bonds is 3. The molecule has 124 valence electrons. The molecule has 0 saturated carbocycles. The van der Waals surface area contributed by atoms with Crippen LogP contribution in [0, 0.1) is 0 Å². The van der Waals surface area contributed by atoms with Crippen molar-refractivity contribution in [3.05, 3.63) is 12.7 Å². The summed E-state index contributed by atoms with van der Waals surface area (Å²) in [5, 5.41) is 0. The van der Waals surface area contributed by atoms with Crippen LogP contribution in [0.2, 0.25) is 0 Å². The summed E-state index contributed by atoms with van der Waals surface area (Å²) in [5.74, 6) is -2.02. The summed E-state index contributed by atoms with van der Waals surface area (Å²) >= 11 is 0. The van der Waals surface area contributed by atoms with E-state index in [1.165, 1.54) is 0 Å². The first-order chi connectivity index (χ1) is 10.2. The molecule has 0 spiro atoms. The Labute approximate surface area is 129 Å². The van der Waals surface area contributed by atoms with E-state index in [0.29, 0.717) is 6.61 Å². The zero-order valence-corrected chi connectivity index (χ0v) is 13.2. The second-order valence-corrected chi connectivity index (χ2v) is 6.54.